The molecular weight excluding hydrogens is 436 g/mol. The van der Waals surface area contributed by atoms with E-state index in [0.717, 1.165) is 22.3 Å². The summed E-state index contributed by atoms with van der Waals surface area (Å²) in [5.41, 5.74) is 3.88. The van der Waals surface area contributed by atoms with Gasteiger partial charge in [-0.2, -0.15) is 0 Å². The van der Waals surface area contributed by atoms with Crippen molar-refractivity contribution in [2.24, 2.45) is 5.41 Å². The number of hydrogen-bond donors (Lipinski definition) is 3. The zero-order valence-electron chi connectivity index (χ0n) is 20.0. The number of carbonyl (C=O) groups is 3. The van der Waals surface area contributed by atoms with Gasteiger partial charge >= 0.3 is 12.1 Å². The maximum Gasteiger partial charge on any atom is 0.407 e. The molecule has 182 valence electrons. The van der Waals surface area contributed by atoms with Gasteiger partial charge < -0.3 is 25.2 Å². The van der Waals surface area contributed by atoms with Crippen LogP contribution < -0.4 is 10.6 Å². The minimum atomic E-state index is -1.10. The summed E-state index contributed by atoms with van der Waals surface area (Å²) < 4.78 is 10.5. The molecule has 2 aromatic carbocycles. The fraction of sp³-hybridized carbons (Fsp3) is 0.423. The summed E-state index contributed by atoms with van der Waals surface area (Å²) in [4.78, 5) is 36.5. The summed E-state index contributed by atoms with van der Waals surface area (Å²) in [6.45, 7) is 5.73. The average molecular weight is 469 g/mol. The minimum Gasteiger partial charge on any atom is -0.479 e. The van der Waals surface area contributed by atoms with Crippen molar-refractivity contribution in [1.29, 1.82) is 0 Å². The molecule has 0 saturated carbocycles. The van der Waals surface area contributed by atoms with E-state index in [1.165, 1.54) is 7.11 Å². The summed E-state index contributed by atoms with van der Waals surface area (Å²) in [5.74, 6) is -1.59. The predicted octanol–water partition coefficient (Wildman–Crippen LogP) is 3.55. The van der Waals surface area contributed by atoms with E-state index in [9.17, 15) is 14.4 Å². The topological polar surface area (TPSA) is 114 Å². The quantitative estimate of drug-likeness (QED) is 0.519. The average Bonchev–Trinajstić information content (AvgIpc) is 3.11. The number of carboxylic acid groups (broad SMARTS) is 1. The van der Waals surface area contributed by atoms with Crippen molar-refractivity contribution < 1.29 is 29.0 Å². The van der Waals surface area contributed by atoms with Gasteiger partial charge in [0.05, 0.1) is 0 Å². The first-order valence-electron chi connectivity index (χ1n) is 11.3. The number of ether oxygens (including phenoxy) is 2. The van der Waals surface area contributed by atoms with Gasteiger partial charge in [-0.05, 0) is 27.7 Å². The molecule has 8 nitrogen and oxygen atoms in total. The van der Waals surface area contributed by atoms with Crippen molar-refractivity contribution >= 4 is 18.0 Å². The van der Waals surface area contributed by atoms with Crippen LogP contribution in [0.3, 0.4) is 0 Å². The SMILES string of the molecule is COC(CCNC(=O)[C@H](NC(=O)OCC1c2ccccc2-c2ccccc21)C(C)(C)C)C(=O)O. The molecule has 1 aliphatic carbocycles. The second kappa shape index (κ2) is 10.7. The fourth-order valence-corrected chi connectivity index (χ4v) is 4.20. The Morgan fingerprint density at radius 3 is 2.06 bits per heavy atom. The van der Waals surface area contributed by atoms with Crippen LogP contribution in [-0.2, 0) is 19.1 Å². The van der Waals surface area contributed by atoms with Gasteiger partial charge in [0.1, 0.15) is 12.6 Å². The number of hydrogen-bond acceptors (Lipinski definition) is 5. The first-order chi connectivity index (χ1) is 16.1. The molecule has 0 radical (unpaired) electrons. The van der Waals surface area contributed by atoms with Crippen LogP contribution in [0.2, 0.25) is 0 Å². The van der Waals surface area contributed by atoms with Gasteiger partial charge in [0, 0.05) is 26.0 Å². The molecule has 2 amide bonds. The summed E-state index contributed by atoms with van der Waals surface area (Å²) in [6.07, 6.45) is -1.58. The highest BCUT2D eigenvalue weighted by Crippen LogP contribution is 2.44. The van der Waals surface area contributed by atoms with Gasteiger partial charge in [-0.25, -0.2) is 9.59 Å². The van der Waals surface area contributed by atoms with E-state index in [-0.39, 0.29) is 25.5 Å². The Morgan fingerprint density at radius 2 is 1.56 bits per heavy atom. The number of rotatable bonds is 9. The van der Waals surface area contributed by atoms with E-state index in [1.54, 1.807) is 0 Å². The number of benzene rings is 2. The lowest BCUT2D eigenvalue weighted by Crippen LogP contribution is -2.54. The Labute approximate surface area is 199 Å². The van der Waals surface area contributed by atoms with Crippen molar-refractivity contribution in [2.75, 3.05) is 20.3 Å². The minimum absolute atomic E-state index is 0.0814. The molecule has 0 fully saturated rings. The van der Waals surface area contributed by atoms with Gasteiger partial charge in [0.25, 0.3) is 0 Å². The van der Waals surface area contributed by atoms with Gasteiger partial charge in [0.15, 0.2) is 6.10 Å². The first kappa shape index (κ1) is 25.2. The zero-order chi connectivity index (χ0) is 24.9. The number of aliphatic carboxylic acids is 1. The van der Waals surface area contributed by atoms with E-state index >= 15 is 0 Å². The number of nitrogens with one attached hydrogen (secondary N) is 2. The molecule has 0 aromatic heterocycles. The molecule has 8 heteroatoms. The Kier molecular flexibility index (Phi) is 7.94. The first-order valence-corrected chi connectivity index (χ1v) is 11.3. The van der Waals surface area contributed by atoms with E-state index < -0.39 is 35.5 Å². The van der Waals surface area contributed by atoms with Crippen LogP contribution in [0.4, 0.5) is 4.79 Å². The largest absolute Gasteiger partial charge is 0.479 e. The monoisotopic (exact) mass is 468 g/mol. The van der Waals surface area contributed by atoms with Crippen LogP contribution in [0.1, 0.15) is 44.2 Å². The second-order valence-electron chi connectivity index (χ2n) is 9.41. The maximum atomic E-state index is 12.8. The summed E-state index contributed by atoms with van der Waals surface area (Å²) in [6, 6.07) is 15.3. The van der Waals surface area contributed by atoms with Crippen LogP contribution in [0.25, 0.3) is 11.1 Å². The molecule has 34 heavy (non-hydrogen) atoms. The van der Waals surface area contributed by atoms with Gasteiger partial charge in [-0.1, -0.05) is 69.3 Å². The molecule has 0 saturated heterocycles. The van der Waals surface area contributed by atoms with Crippen molar-refractivity contribution in [3.05, 3.63) is 59.7 Å². The molecule has 2 atom stereocenters. The van der Waals surface area contributed by atoms with Crippen LogP contribution in [-0.4, -0.2) is 55.5 Å². The maximum absolute atomic E-state index is 12.8. The highest BCUT2D eigenvalue weighted by atomic mass is 16.5. The van der Waals surface area contributed by atoms with E-state index in [1.807, 2.05) is 57.2 Å². The number of alkyl carbamates (subject to hydrolysis) is 1. The molecule has 2 aromatic rings. The van der Waals surface area contributed by atoms with Crippen molar-refractivity contribution in [3.8, 4) is 11.1 Å². The Bertz CT molecular complexity index is 1000. The molecule has 1 aliphatic rings. The summed E-state index contributed by atoms with van der Waals surface area (Å²) in [7, 11) is 1.30. The predicted molar refractivity (Wildman–Crippen MR) is 128 cm³/mol. The van der Waals surface area contributed by atoms with Gasteiger partial charge in [-0.3, -0.25) is 4.79 Å². The molecule has 3 rings (SSSR count). The molecule has 0 heterocycles. The lowest BCUT2D eigenvalue weighted by molar-refractivity contribution is -0.149. The Hall–Kier alpha value is -3.39. The smallest absolute Gasteiger partial charge is 0.407 e. The third-order valence-electron chi connectivity index (χ3n) is 6.00. The number of fused-ring (bicyclic) bond motifs is 3. The van der Waals surface area contributed by atoms with Crippen LogP contribution in [0.5, 0.6) is 0 Å². The number of methoxy groups -OCH3 is 1. The van der Waals surface area contributed by atoms with Crippen LogP contribution >= 0.6 is 0 Å². The normalized spacial score (nSPS) is 14.5. The third-order valence-corrected chi connectivity index (χ3v) is 6.00. The van der Waals surface area contributed by atoms with Crippen LogP contribution in [0.15, 0.2) is 48.5 Å². The van der Waals surface area contributed by atoms with Crippen molar-refractivity contribution in [3.63, 3.8) is 0 Å². The number of amides is 2. The van der Waals surface area contributed by atoms with E-state index in [4.69, 9.17) is 14.6 Å². The molecule has 0 aliphatic heterocycles. The third kappa shape index (κ3) is 5.75. The number of carboxylic acids is 1. The lowest BCUT2D eigenvalue weighted by atomic mass is 9.86. The Morgan fingerprint density at radius 1 is 1.00 bits per heavy atom. The van der Waals surface area contributed by atoms with Crippen molar-refractivity contribution in [1.82, 2.24) is 10.6 Å². The summed E-state index contributed by atoms with van der Waals surface area (Å²) in [5, 5.41) is 14.4. The molecule has 0 bridgehead atoms. The molecule has 3 N–H and O–H groups in total. The Balaban J connectivity index is 1.61. The van der Waals surface area contributed by atoms with E-state index in [0.29, 0.717) is 0 Å². The lowest BCUT2D eigenvalue weighted by Gasteiger charge is -2.30. The molecule has 1 unspecified atom stereocenters. The second-order valence-corrected chi connectivity index (χ2v) is 9.41. The van der Waals surface area contributed by atoms with Crippen LogP contribution in [0, 0.1) is 5.41 Å². The summed E-state index contributed by atoms with van der Waals surface area (Å²) >= 11 is 0. The number of carbonyl (C=O) groups excluding carboxylic acids is 2. The zero-order valence-corrected chi connectivity index (χ0v) is 20.0. The highest BCUT2D eigenvalue weighted by Gasteiger charge is 2.34. The van der Waals surface area contributed by atoms with Gasteiger partial charge in [-0.15, -0.1) is 0 Å². The van der Waals surface area contributed by atoms with E-state index in [2.05, 4.69) is 22.8 Å². The molecule has 0 spiro atoms. The highest BCUT2D eigenvalue weighted by molar-refractivity contribution is 5.86. The molecular formula is C26H32N2O6. The van der Waals surface area contributed by atoms with Crippen molar-refractivity contribution in [2.45, 2.75) is 45.3 Å². The van der Waals surface area contributed by atoms with Gasteiger partial charge in [0.2, 0.25) is 5.91 Å². The standard InChI is InChI=1S/C26H32N2O6/c1-26(2,3)22(23(29)27-14-13-21(33-4)24(30)31)28-25(32)34-15-20-18-11-7-5-9-16(18)17-10-6-8-12-19(17)20/h5-12,20-22H,13-15H2,1-4H3,(H,27,29)(H,28,32)(H,30,31)/t21?,22-/m0/s1. The fourth-order valence-electron chi connectivity index (χ4n) is 4.20.